The number of nitrogens with one attached hydrogen (secondary N) is 2. The van der Waals surface area contributed by atoms with Crippen molar-refractivity contribution in [1.29, 1.82) is 0 Å². The Bertz CT molecular complexity index is 397. The van der Waals surface area contributed by atoms with E-state index in [4.69, 9.17) is 34.8 Å². The minimum absolute atomic E-state index is 0.147. The molecule has 0 saturated heterocycles. The second-order valence-electron chi connectivity index (χ2n) is 2.53. The standard InChI is InChI=1S/C7H7Cl3N4O/c1-14-3-2-4(13-14)11-7(15)12-6(10)5(8)9/h2-3H,1H3,(H2,11,12,13,15). The van der Waals surface area contributed by atoms with E-state index < -0.39 is 6.03 Å². The highest BCUT2D eigenvalue weighted by Gasteiger charge is 2.06. The SMILES string of the molecule is Cn1ccc(NC(=O)NC(Cl)=C(Cl)Cl)n1. The molecule has 1 aromatic heterocycles. The van der Waals surface area contributed by atoms with Crippen LogP contribution in [0.3, 0.4) is 0 Å². The zero-order chi connectivity index (χ0) is 11.4. The average molecular weight is 270 g/mol. The molecular weight excluding hydrogens is 262 g/mol. The van der Waals surface area contributed by atoms with Crippen molar-refractivity contribution in [2.45, 2.75) is 0 Å². The molecule has 15 heavy (non-hydrogen) atoms. The fourth-order valence-corrected chi connectivity index (χ4v) is 0.957. The van der Waals surface area contributed by atoms with Gasteiger partial charge in [0.2, 0.25) is 0 Å². The Labute approximate surface area is 101 Å². The van der Waals surface area contributed by atoms with Crippen LogP contribution in [0, 0.1) is 0 Å². The van der Waals surface area contributed by atoms with E-state index in [0.717, 1.165) is 0 Å². The minimum Gasteiger partial charge on any atom is -0.296 e. The lowest BCUT2D eigenvalue weighted by Crippen LogP contribution is -2.26. The first-order chi connectivity index (χ1) is 6.99. The summed E-state index contributed by atoms with van der Waals surface area (Å²) in [5.41, 5.74) is 0. The van der Waals surface area contributed by atoms with Gasteiger partial charge in [0.25, 0.3) is 0 Å². The normalized spacial score (nSPS) is 9.60. The molecule has 0 aromatic carbocycles. The lowest BCUT2D eigenvalue weighted by atomic mass is 10.6. The first kappa shape index (κ1) is 12.2. The molecule has 0 radical (unpaired) electrons. The van der Waals surface area contributed by atoms with E-state index >= 15 is 0 Å². The van der Waals surface area contributed by atoms with Gasteiger partial charge in [-0.2, -0.15) is 5.10 Å². The number of nitrogens with zero attached hydrogens (tertiary/aromatic N) is 2. The van der Waals surface area contributed by atoms with Crippen molar-refractivity contribution in [1.82, 2.24) is 15.1 Å². The zero-order valence-electron chi connectivity index (χ0n) is 7.59. The molecule has 0 aliphatic heterocycles. The summed E-state index contributed by atoms with van der Waals surface area (Å²) in [5, 5.41) is 8.43. The molecule has 0 fully saturated rings. The van der Waals surface area contributed by atoms with Gasteiger partial charge in [-0.25, -0.2) is 4.79 Å². The third kappa shape index (κ3) is 3.99. The molecule has 0 spiro atoms. The van der Waals surface area contributed by atoms with Gasteiger partial charge in [-0.05, 0) is 0 Å². The molecular formula is C7H7Cl3N4O. The van der Waals surface area contributed by atoms with Crippen molar-refractivity contribution in [2.75, 3.05) is 5.32 Å². The Morgan fingerprint density at radius 2 is 2.13 bits per heavy atom. The fraction of sp³-hybridized carbons (Fsp3) is 0.143. The minimum atomic E-state index is -0.572. The van der Waals surface area contributed by atoms with Crippen LogP contribution in [0.5, 0.6) is 0 Å². The van der Waals surface area contributed by atoms with Crippen LogP contribution in [0.15, 0.2) is 21.9 Å². The van der Waals surface area contributed by atoms with E-state index in [9.17, 15) is 4.79 Å². The number of hydrogen-bond acceptors (Lipinski definition) is 2. The van der Waals surface area contributed by atoms with Gasteiger partial charge in [0.15, 0.2) is 5.82 Å². The van der Waals surface area contributed by atoms with Crippen LogP contribution in [0.2, 0.25) is 0 Å². The highest BCUT2D eigenvalue weighted by atomic mass is 35.5. The van der Waals surface area contributed by atoms with Crippen molar-refractivity contribution < 1.29 is 4.79 Å². The number of aryl methyl sites for hydroxylation is 1. The summed E-state index contributed by atoms with van der Waals surface area (Å²) in [6.45, 7) is 0. The average Bonchev–Trinajstić information content (AvgIpc) is 2.50. The smallest absolute Gasteiger partial charge is 0.296 e. The van der Waals surface area contributed by atoms with Crippen molar-refractivity contribution in [3.63, 3.8) is 0 Å². The Balaban J connectivity index is 2.54. The van der Waals surface area contributed by atoms with Crippen molar-refractivity contribution in [3.8, 4) is 0 Å². The predicted molar refractivity (Wildman–Crippen MR) is 59.9 cm³/mol. The van der Waals surface area contributed by atoms with Crippen LogP contribution < -0.4 is 10.6 Å². The Morgan fingerprint density at radius 1 is 1.47 bits per heavy atom. The van der Waals surface area contributed by atoms with E-state index in [1.165, 1.54) is 0 Å². The molecule has 82 valence electrons. The van der Waals surface area contributed by atoms with Crippen molar-refractivity contribution in [2.24, 2.45) is 7.05 Å². The summed E-state index contributed by atoms with van der Waals surface area (Å²) < 4.78 is 1.33. The molecule has 0 aliphatic carbocycles. The molecule has 0 saturated carbocycles. The number of amides is 2. The molecule has 0 unspecified atom stereocenters. The highest BCUT2D eigenvalue weighted by molar-refractivity contribution is 6.59. The van der Waals surface area contributed by atoms with Gasteiger partial charge in [-0.3, -0.25) is 15.3 Å². The third-order valence-electron chi connectivity index (χ3n) is 1.34. The summed E-state index contributed by atoms with van der Waals surface area (Å²) in [5.74, 6) is 0.394. The molecule has 0 bridgehead atoms. The summed E-state index contributed by atoms with van der Waals surface area (Å²) in [6.07, 6.45) is 1.68. The maximum atomic E-state index is 11.2. The van der Waals surface area contributed by atoms with E-state index in [2.05, 4.69) is 15.7 Å². The highest BCUT2D eigenvalue weighted by Crippen LogP contribution is 2.14. The van der Waals surface area contributed by atoms with Gasteiger partial charge in [-0.15, -0.1) is 0 Å². The summed E-state index contributed by atoms with van der Waals surface area (Å²) in [4.78, 5) is 11.2. The largest absolute Gasteiger partial charge is 0.325 e. The predicted octanol–water partition coefficient (Wildman–Crippen LogP) is 2.38. The van der Waals surface area contributed by atoms with Gasteiger partial charge in [0, 0.05) is 19.3 Å². The quantitative estimate of drug-likeness (QED) is 0.810. The summed E-state index contributed by atoms with van der Waals surface area (Å²) in [7, 11) is 1.73. The van der Waals surface area contributed by atoms with Crippen LogP contribution in [0.25, 0.3) is 0 Å². The molecule has 2 amide bonds. The second-order valence-corrected chi connectivity index (χ2v) is 3.86. The fourth-order valence-electron chi connectivity index (χ4n) is 0.776. The number of halogens is 3. The number of rotatable bonds is 2. The molecule has 2 N–H and O–H groups in total. The van der Waals surface area contributed by atoms with E-state index in [-0.39, 0.29) is 9.65 Å². The lowest BCUT2D eigenvalue weighted by Gasteiger charge is -2.03. The van der Waals surface area contributed by atoms with Crippen LogP contribution in [-0.2, 0) is 7.05 Å². The Hall–Kier alpha value is -0.910. The lowest BCUT2D eigenvalue weighted by molar-refractivity contribution is 0.254. The number of aromatic nitrogens is 2. The third-order valence-corrected chi connectivity index (χ3v) is 2.20. The summed E-state index contributed by atoms with van der Waals surface area (Å²) in [6, 6.07) is 1.05. The maximum Gasteiger partial charge on any atom is 0.325 e. The zero-order valence-corrected chi connectivity index (χ0v) is 9.86. The number of anilines is 1. The van der Waals surface area contributed by atoms with Crippen LogP contribution in [0.4, 0.5) is 10.6 Å². The molecule has 1 heterocycles. The number of carbonyl (C=O) groups is 1. The molecule has 1 aromatic rings. The topological polar surface area (TPSA) is 59.0 Å². The van der Waals surface area contributed by atoms with Crippen LogP contribution in [0.1, 0.15) is 0 Å². The molecule has 5 nitrogen and oxygen atoms in total. The van der Waals surface area contributed by atoms with Gasteiger partial charge in [-0.1, -0.05) is 34.8 Å². The summed E-state index contributed by atoms with van der Waals surface area (Å²) >= 11 is 16.2. The van der Waals surface area contributed by atoms with E-state index in [1.54, 1.807) is 24.0 Å². The molecule has 0 atom stereocenters. The van der Waals surface area contributed by atoms with E-state index in [0.29, 0.717) is 5.82 Å². The van der Waals surface area contributed by atoms with E-state index in [1.807, 2.05) is 0 Å². The van der Waals surface area contributed by atoms with Crippen LogP contribution in [-0.4, -0.2) is 15.8 Å². The monoisotopic (exact) mass is 268 g/mol. The Morgan fingerprint density at radius 3 is 2.60 bits per heavy atom. The van der Waals surface area contributed by atoms with Gasteiger partial charge in [0.05, 0.1) is 0 Å². The number of hydrogen-bond donors (Lipinski definition) is 2. The first-order valence-electron chi connectivity index (χ1n) is 3.77. The first-order valence-corrected chi connectivity index (χ1v) is 4.91. The second kappa shape index (κ2) is 5.25. The van der Waals surface area contributed by atoms with Crippen LogP contribution >= 0.6 is 34.8 Å². The number of urea groups is 1. The van der Waals surface area contributed by atoms with Crippen molar-refractivity contribution in [3.05, 3.63) is 21.9 Å². The van der Waals surface area contributed by atoms with Gasteiger partial charge < -0.3 is 0 Å². The molecule has 1 rings (SSSR count). The molecule has 0 aliphatic rings. The molecule has 8 heteroatoms. The number of carbonyl (C=O) groups excluding carboxylic acids is 1. The Kier molecular flexibility index (Phi) is 4.26. The van der Waals surface area contributed by atoms with Crippen molar-refractivity contribution >= 4 is 46.7 Å². The van der Waals surface area contributed by atoms with Gasteiger partial charge >= 0.3 is 6.03 Å². The van der Waals surface area contributed by atoms with Gasteiger partial charge in [0.1, 0.15) is 9.65 Å². The maximum absolute atomic E-state index is 11.2.